The molecule has 1 aliphatic heterocycles. The summed E-state index contributed by atoms with van der Waals surface area (Å²) in [5.74, 6) is 0.967. The lowest BCUT2D eigenvalue weighted by Crippen LogP contribution is -2.11. The third kappa shape index (κ3) is 3.45. The summed E-state index contributed by atoms with van der Waals surface area (Å²) in [4.78, 5) is 4.67. The quantitative estimate of drug-likeness (QED) is 0.793. The van der Waals surface area contributed by atoms with Gasteiger partial charge in [-0.2, -0.15) is 0 Å². The summed E-state index contributed by atoms with van der Waals surface area (Å²) >= 11 is 0. The largest absolute Gasteiger partial charge is 0.494 e. The molecule has 2 nitrogen and oxygen atoms in total. The average Bonchev–Trinajstić information content (AvgIpc) is 2.58. The van der Waals surface area contributed by atoms with Crippen LogP contribution < -0.4 is 4.74 Å². The lowest BCUT2D eigenvalue weighted by atomic mass is 9.96. The predicted molar refractivity (Wildman–Crippen MR) is 92.8 cm³/mol. The Morgan fingerprint density at radius 1 is 1.09 bits per heavy atom. The van der Waals surface area contributed by atoms with Gasteiger partial charge in [-0.15, -0.1) is 0 Å². The highest BCUT2D eigenvalue weighted by Gasteiger charge is 2.12. The van der Waals surface area contributed by atoms with E-state index in [0.29, 0.717) is 0 Å². The van der Waals surface area contributed by atoms with E-state index in [4.69, 9.17) is 4.74 Å². The normalized spacial score (nSPS) is 13.8. The number of fused-ring (bicyclic) bond motifs is 1. The predicted octanol–water partition coefficient (Wildman–Crippen LogP) is 4.53. The minimum atomic E-state index is 0.771. The van der Waals surface area contributed by atoms with E-state index in [-0.39, 0.29) is 0 Å². The van der Waals surface area contributed by atoms with E-state index in [1.54, 1.807) is 0 Å². The van der Waals surface area contributed by atoms with E-state index in [2.05, 4.69) is 48.3 Å². The molecule has 0 saturated heterocycles. The van der Waals surface area contributed by atoms with Gasteiger partial charge < -0.3 is 4.74 Å². The number of hydrogen-bond donors (Lipinski definition) is 0. The van der Waals surface area contributed by atoms with Crippen LogP contribution in [0, 0.1) is 0 Å². The first-order valence-electron chi connectivity index (χ1n) is 7.90. The Kier molecular flexibility index (Phi) is 4.69. The van der Waals surface area contributed by atoms with Gasteiger partial charge in [0.15, 0.2) is 0 Å². The fourth-order valence-corrected chi connectivity index (χ4v) is 2.60. The molecule has 112 valence electrons. The van der Waals surface area contributed by atoms with Gasteiger partial charge in [-0.25, -0.2) is 0 Å². The number of rotatable bonds is 5. The summed E-state index contributed by atoms with van der Waals surface area (Å²) < 4.78 is 5.73. The van der Waals surface area contributed by atoms with E-state index in [0.717, 1.165) is 37.5 Å². The monoisotopic (exact) mass is 291 g/mol. The number of hydrogen-bond acceptors (Lipinski definition) is 2. The van der Waals surface area contributed by atoms with Crippen LogP contribution in [-0.4, -0.2) is 18.9 Å². The number of benzene rings is 2. The molecule has 0 fully saturated rings. The summed E-state index contributed by atoms with van der Waals surface area (Å²) in [5.41, 5.74) is 4.81. The van der Waals surface area contributed by atoms with Crippen molar-refractivity contribution in [3.05, 3.63) is 71.3 Å². The molecule has 1 aliphatic rings. The first kappa shape index (κ1) is 14.6. The van der Waals surface area contributed by atoms with Gasteiger partial charge in [0, 0.05) is 12.1 Å². The SMILES string of the molecule is CCCOc1ccc2c(c1)CCN=C2/C=C/c1ccccc1. The van der Waals surface area contributed by atoms with Gasteiger partial charge in [0.2, 0.25) is 0 Å². The van der Waals surface area contributed by atoms with Crippen molar-refractivity contribution in [1.29, 1.82) is 0 Å². The van der Waals surface area contributed by atoms with Gasteiger partial charge in [-0.3, -0.25) is 4.99 Å². The Morgan fingerprint density at radius 3 is 2.77 bits per heavy atom. The van der Waals surface area contributed by atoms with Crippen molar-refractivity contribution >= 4 is 11.8 Å². The van der Waals surface area contributed by atoms with Crippen molar-refractivity contribution in [3.8, 4) is 5.75 Å². The molecule has 0 spiro atoms. The minimum absolute atomic E-state index is 0.771. The minimum Gasteiger partial charge on any atom is -0.494 e. The van der Waals surface area contributed by atoms with Crippen molar-refractivity contribution in [3.63, 3.8) is 0 Å². The van der Waals surface area contributed by atoms with Gasteiger partial charge in [0.05, 0.1) is 12.3 Å². The topological polar surface area (TPSA) is 21.6 Å². The number of aliphatic imine (C=N–C) groups is 1. The summed E-state index contributed by atoms with van der Waals surface area (Å²) in [5, 5.41) is 0. The van der Waals surface area contributed by atoms with Crippen molar-refractivity contribution < 1.29 is 4.74 Å². The Balaban J connectivity index is 1.81. The Labute approximate surface area is 132 Å². The zero-order chi connectivity index (χ0) is 15.2. The number of nitrogens with zero attached hydrogens (tertiary/aromatic N) is 1. The lowest BCUT2D eigenvalue weighted by molar-refractivity contribution is 0.317. The zero-order valence-corrected chi connectivity index (χ0v) is 13.0. The van der Waals surface area contributed by atoms with Gasteiger partial charge in [0.25, 0.3) is 0 Å². The second-order valence-electron chi connectivity index (χ2n) is 5.43. The van der Waals surface area contributed by atoms with Crippen LogP contribution in [0.4, 0.5) is 0 Å². The van der Waals surface area contributed by atoms with Crippen LogP contribution in [0.5, 0.6) is 5.75 Å². The smallest absolute Gasteiger partial charge is 0.119 e. The van der Waals surface area contributed by atoms with Crippen molar-refractivity contribution in [2.24, 2.45) is 4.99 Å². The van der Waals surface area contributed by atoms with E-state index in [1.165, 1.54) is 16.7 Å². The Hall–Kier alpha value is -2.35. The molecule has 2 aromatic rings. The molecule has 2 aromatic carbocycles. The van der Waals surface area contributed by atoms with Crippen molar-refractivity contribution in [2.75, 3.05) is 13.2 Å². The maximum absolute atomic E-state index is 5.73. The maximum Gasteiger partial charge on any atom is 0.119 e. The van der Waals surface area contributed by atoms with Crippen LogP contribution in [0.3, 0.4) is 0 Å². The third-order valence-electron chi connectivity index (χ3n) is 3.72. The molecular formula is C20H21NO. The molecule has 0 radical (unpaired) electrons. The van der Waals surface area contributed by atoms with Gasteiger partial charge >= 0.3 is 0 Å². The molecule has 0 N–H and O–H groups in total. The highest BCUT2D eigenvalue weighted by molar-refractivity contribution is 6.12. The fraction of sp³-hybridized carbons (Fsp3) is 0.250. The molecule has 0 amide bonds. The fourth-order valence-electron chi connectivity index (χ4n) is 2.60. The van der Waals surface area contributed by atoms with Crippen LogP contribution in [0.1, 0.15) is 30.0 Å². The van der Waals surface area contributed by atoms with E-state index >= 15 is 0 Å². The highest BCUT2D eigenvalue weighted by atomic mass is 16.5. The van der Waals surface area contributed by atoms with Gasteiger partial charge in [0.1, 0.15) is 5.75 Å². The maximum atomic E-state index is 5.73. The van der Waals surface area contributed by atoms with Crippen LogP contribution in [-0.2, 0) is 6.42 Å². The molecule has 0 aliphatic carbocycles. The van der Waals surface area contributed by atoms with Crippen molar-refractivity contribution in [1.82, 2.24) is 0 Å². The first-order chi connectivity index (χ1) is 10.9. The van der Waals surface area contributed by atoms with E-state index in [9.17, 15) is 0 Å². The average molecular weight is 291 g/mol. The standard InChI is InChI=1S/C20H21NO/c1-2-14-22-18-9-10-19-17(15-18)12-13-21-20(19)11-8-16-6-4-3-5-7-16/h3-11,15H,2,12-14H2,1H3/b11-8+. The lowest BCUT2D eigenvalue weighted by Gasteiger charge is -2.16. The molecule has 3 rings (SSSR count). The molecule has 22 heavy (non-hydrogen) atoms. The molecule has 0 atom stereocenters. The zero-order valence-electron chi connectivity index (χ0n) is 13.0. The summed E-state index contributed by atoms with van der Waals surface area (Å²) in [6.07, 6.45) is 6.25. The van der Waals surface area contributed by atoms with Gasteiger partial charge in [-0.1, -0.05) is 43.3 Å². The van der Waals surface area contributed by atoms with E-state index in [1.807, 2.05) is 24.3 Å². The molecule has 0 bridgehead atoms. The highest BCUT2D eigenvalue weighted by Crippen LogP contribution is 2.23. The molecule has 0 aromatic heterocycles. The van der Waals surface area contributed by atoms with Crippen LogP contribution in [0.25, 0.3) is 6.08 Å². The second-order valence-corrected chi connectivity index (χ2v) is 5.43. The Morgan fingerprint density at radius 2 is 1.95 bits per heavy atom. The number of ether oxygens (including phenoxy) is 1. The third-order valence-corrected chi connectivity index (χ3v) is 3.72. The van der Waals surface area contributed by atoms with Crippen LogP contribution in [0.2, 0.25) is 0 Å². The first-order valence-corrected chi connectivity index (χ1v) is 7.90. The van der Waals surface area contributed by atoms with Crippen molar-refractivity contribution in [2.45, 2.75) is 19.8 Å². The van der Waals surface area contributed by atoms with Gasteiger partial charge in [-0.05, 0) is 48.2 Å². The van der Waals surface area contributed by atoms with E-state index < -0.39 is 0 Å². The summed E-state index contributed by atoms with van der Waals surface area (Å²) in [6, 6.07) is 16.7. The van der Waals surface area contributed by atoms with Crippen LogP contribution >= 0.6 is 0 Å². The van der Waals surface area contributed by atoms with Crippen LogP contribution in [0.15, 0.2) is 59.6 Å². The molecular weight excluding hydrogens is 270 g/mol. The molecule has 0 unspecified atom stereocenters. The number of allylic oxidation sites excluding steroid dienone is 1. The Bertz CT molecular complexity index is 686. The molecule has 0 saturated carbocycles. The molecule has 2 heteroatoms. The summed E-state index contributed by atoms with van der Waals surface area (Å²) in [7, 11) is 0. The summed E-state index contributed by atoms with van der Waals surface area (Å²) in [6.45, 7) is 3.74. The molecule has 1 heterocycles. The second kappa shape index (κ2) is 7.08.